The zero-order valence-corrected chi connectivity index (χ0v) is 10.7. The van der Waals surface area contributed by atoms with E-state index < -0.39 is 0 Å². The van der Waals surface area contributed by atoms with Crippen LogP contribution in [-0.4, -0.2) is 15.0 Å². The van der Waals surface area contributed by atoms with Gasteiger partial charge in [-0.1, -0.05) is 41.6 Å². The fourth-order valence-electron chi connectivity index (χ4n) is 1.98. The number of hydrogen-bond donors (Lipinski definition) is 0. The van der Waals surface area contributed by atoms with Gasteiger partial charge in [0.2, 0.25) is 0 Å². The third-order valence-corrected chi connectivity index (χ3v) is 3.16. The molecule has 1 atom stereocenters. The molecule has 0 radical (unpaired) electrons. The molecule has 1 heterocycles. The smallest absolute Gasteiger partial charge is 0.101 e. The van der Waals surface area contributed by atoms with Gasteiger partial charge < -0.3 is 0 Å². The number of benzene rings is 2. The highest BCUT2D eigenvalue weighted by molar-refractivity contribution is 6.20. The van der Waals surface area contributed by atoms with Crippen LogP contribution >= 0.6 is 11.6 Å². The van der Waals surface area contributed by atoms with E-state index in [1.807, 2.05) is 37.4 Å². The Morgan fingerprint density at radius 1 is 1.11 bits per heavy atom. The molecule has 18 heavy (non-hydrogen) atoms. The van der Waals surface area contributed by atoms with Gasteiger partial charge in [-0.2, -0.15) is 0 Å². The van der Waals surface area contributed by atoms with Crippen LogP contribution in [0.2, 0.25) is 0 Å². The van der Waals surface area contributed by atoms with Gasteiger partial charge in [0, 0.05) is 5.39 Å². The summed E-state index contributed by atoms with van der Waals surface area (Å²) in [6, 6.07) is 14.3. The second-order valence-corrected chi connectivity index (χ2v) is 4.86. The van der Waals surface area contributed by atoms with E-state index in [9.17, 15) is 0 Å². The minimum atomic E-state index is -0.131. The van der Waals surface area contributed by atoms with Gasteiger partial charge in [0.05, 0.1) is 17.3 Å². The second-order valence-electron chi connectivity index (χ2n) is 4.20. The lowest BCUT2D eigenvalue weighted by Gasteiger charge is -2.05. The van der Waals surface area contributed by atoms with Crippen molar-refractivity contribution < 1.29 is 0 Å². The van der Waals surface area contributed by atoms with Crippen LogP contribution in [0.1, 0.15) is 18.0 Å². The molecule has 0 saturated carbocycles. The summed E-state index contributed by atoms with van der Waals surface area (Å²) in [7, 11) is 0. The maximum atomic E-state index is 6.01. The Labute approximate surface area is 110 Å². The van der Waals surface area contributed by atoms with Crippen LogP contribution in [0.5, 0.6) is 0 Å². The highest BCUT2D eigenvalue weighted by Crippen LogP contribution is 2.23. The zero-order chi connectivity index (χ0) is 12.5. The van der Waals surface area contributed by atoms with E-state index >= 15 is 0 Å². The Kier molecular flexibility index (Phi) is 2.76. The molecule has 0 amide bonds. The van der Waals surface area contributed by atoms with Gasteiger partial charge in [0.1, 0.15) is 5.69 Å². The van der Waals surface area contributed by atoms with Gasteiger partial charge in [-0.25, -0.2) is 4.68 Å². The van der Waals surface area contributed by atoms with Crippen LogP contribution in [0.3, 0.4) is 0 Å². The Morgan fingerprint density at radius 3 is 2.67 bits per heavy atom. The predicted molar refractivity (Wildman–Crippen MR) is 73.1 cm³/mol. The van der Waals surface area contributed by atoms with Crippen molar-refractivity contribution in [3.63, 3.8) is 0 Å². The number of aromatic nitrogens is 3. The molecule has 2 aromatic carbocycles. The molecule has 90 valence electrons. The molecule has 3 rings (SSSR count). The second kappa shape index (κ2) is 4.42. The highest BCUT2D eigenvalue weighted by atomic mass is 35.5. The SMILES string of the molecule is CC(Cl)c1cn(-c2cccc3ccccc23)nn1. The molecule has 0 aliphatic heterocycles. The zero-order valence-electron chi connectivity index (χ0n) is 9.92. The minimum absolute atomic E-state index is 0.131. The molecule has 1 aromatic heterocycles. The van der Waals surface area contributed by atoms with E-state index in [2.05, 4.69) is 28.5 Å². The largest absolute Gasteiger partial charge is 0.220 e. The van der Waals surface area contributed by atoms with Gasteiger partial charge in [0.25, 0.3) is 0 Å². The van der Waals surface area contributed by atoms with E-state index in [0.29, 0.717) is 0 Å². The summed E-state index contributed by atoms with van der Waals surface area (Å²) in [6.45, 7) is 1.89. The lowest BCUT2D eigenvalue weighted by Crippen LogP contribution is -1.95. The van der Waals surface area contributed by atoms with Crippen LogP contribution in [0.15, 0.2) is 48.7 Å². The fraction of sp³-hybridized carbons (Fsp3) is 0.143. The Bertz CT molecular complexity index is 683. The summed E-state index contributed by atoms with van der Waals surface area (Å²) in [5.41, 5.74) is 1.80. The molecule has 0 N–H and O–H groups in total. The maximum Gasteiger partial charge on any atom is 0.101 e. The van der Waals surface area contributed by atoms with Crippen molar-refractivity contribution in [2.24, 2.45) is 0 Å². The van der Waals surface area contributed by atoms with Crippen molar-refractivity contribution in [3.8, 4) is 5.69 Å². The summed E-state index contributed by atoms with van der Waals surface area (Å²) in [4.78, 5) is 0. The third-order valence-electron chi connectivity index (χ3n) is 2.93. The monoisotopic (exact) mass is 257 g/mol. The van der Waals surface area contributed by atoms with E-state index in [1.165, 1.54) is 5.39 Å². The van der Waals surface area contributed by atoms with Crippen molar-refractivity contribution in [2.45, 2.75) is 12.3 Å². The van der Waals surface area contributed by atoms with E-state index in [0.717, 1.165) is 16.8 Å². The number of nitrogens with zero attached hydrogens (tertiary/aromatic N) is 3. The molecular formula is C14H12ClN3. The first-order valence-electron chi connectivity index (χ1n) is 5.80. The normalized spacial score (nSPS) is 12.8. The standard InChI is InChI=1S/C14H12ClN3/c1-10(15)13-9-18(17-16-13)14-8-4-6-11-5-2-3-7-12(11)14/h2-10H,1H3. The van der Waals surface area contributed by atoms with Crippen molar-refractivity contribution in [1.82, 2.24) is 15.0 Å². The van der Waals surface area contributed by atoms with Crippen molar-refractivity contribution in [1.29, 1.82) is 0 Å². The average molecular weight is 258 g/mol. The number of halogens is 1. The molecule has 0 saturated heterocycles. The van der Waals surface area contributed by atoms with Crippen molar-refractivity contribution in [3.05, 3.63) is 54.4 Å². The van der Waals surface area contributed by atoms with E-state index in [1.54, 1.807) is 4.68 Å². The molecule has 4 heteroatoms. The number of fused-ring (bicyclic) bond motifs is 1. The fourth-order valence-corrected chi connectivity index (χ4v) is 2.08. The van der Waals surface area contributed by atoms with E-state index in [4.69, 9.17) is 11.6 Å². The Balaban J connectivity index is 2.18. The summed E-state index contributed by atoms with van der Waals surface area (Å²) >= 11 is 6.01. The first-order chi connectivity index (χ1) is 8.75. The third kappa shape index (κ3) is 1.87. The molecular weight excluding hydrogens is 246 g/mol. The number of hydrogen-bond acceptors (Lipinski definition) is 2. The first kappa shape index (κ1) is 11.2. The van der Waals surface area contributed by atoms with Gasteiger partial charge >= 0.3 is 0 Å². The molecule has 0 fully saturated rings. The summed E-state index contributed by atoms with van der Waals surface area (Å²) < 4.78 is 1.77. The molecule has 3 nitrogen and oxygen atoms in total. The van der Waals surface area contributed by atoms with E-state index in [-0.39, 0.29) is 5.38 Å². The van der Waals surface area contributed by atoms with Crippen molar-refractivity contribution in [2.75, 3.05) is 0 Å². The Hall–Kier alpha value is -1.87. The quantitative estimate of drug-likeness (QED) is 0.655. The maximum absolute atomic E-state index is 6.01. The molecule has 0 aliphatic carbocycles. The van der Waals surface area contributed by atoms with Crippen LogP contribution < -0.4 is 0 Å². The minimum Gasteiger partial charge on any atom is -0.220 e. The van der Waals surface area contributed by atoms with Crippen LogP contribution in [-0.2, 0) is 0 Å². The lowest BCUT2D eigenvalue weighted by atomic mass is 10.1. The van der Waals surface area contributed by atoms with Gasteiger partial charge in [-0.15, -0.1) is 16.7 Å². The topological polar surface area (TPSA) is 30.7 Å². The lowest BCUT2D eigenvalue weighted by molar-refractivity contribution is 0.801. The number of alkyl halides is 1. The molecule has 0 aliphatic rings. The van der Waals surface area contributed by atoms with Crippen LogP contribution in [0.25, 0.3) is 16.5 Å². The van der Waals surface area contributed by atoms with Gasteiger partial charge in [-0.05, 0) is 18.4 Å². The van der Waals surface area contributed by atoms with Crippen LogP contribution in [0.4, 0.5) is 0 Å². The van der Waals surface area contributed by atoms with Crippen LogP contribution in [0, 0.1) is 0 Å². The van der Waals surface area contributed by atoms with Gasteiger partial charge in [0.15, 0.2) is 0 Å². The number of rotatable bonds is 2. The van der Waals surface area contributed by atoms with Crippen molar-refractivity contribution >= 4 is 22.4 Å². The molecule has 3 aromatic rings. The average Bonchev–Trinajstić information content (AvgIpc) is 2.87. The summed E-state index contributed by atoms with van der Waals surface area (Å²) in [5, 5.41) is 10.4. The highest BCUT2D eigenvalue weighted by Gasteiger charge is 2.09. The predicted octanol–water partition coefficient (Wildman–Crippen LogP) is 3.72. The summed E-state index contributed by atoms with van der Waals surface area (Å²) in [6.07, 6.45) is 1.87. The first-order valence-corrected chi connectivity index (χ1v) is 6.24. The Morgan fingerprint density at radius 2 is 1.89 bits per heavy atom. The van der Waals surface area contributed by atoms with Gasteiger partial charge in [-0.3, -0.25) is 0 Å². The summed E-state index contributed by atoms with van der Waals surface area (Å²) in [5.74, 6) is 0. The molecule has 0 spiro atoms. The molecule has 0 bridgehead atoms. The molecule has 1 unspecified atom stereocenters.